The standard InChI is InChI=1S/C15H28N2O3S/c16-21(18,19)13-4-5-14(17-11-13)12-6-9-20-15(10-12)7-2-1-3-8-15/h12-14,17H,1-11H2,(H2,16,18,19). The van der Waals surface area contributed by atoms with Crippen molar-refractivity contribution in [1.82, 2.24) is 5.32 Å². The number of rotatable bonds is 2. The Morgan fingerprint density at radius 3 is 2.48 bits per heavy atom. The zero-order valence-electron chi connectivity index (χ0n) is 12.7. The van der Waals surface area contributed by atoms with Gasteiger partial charge in [0.1, 0.15) is 0 Å². The summed E-state index contributed by atoms with van der Waals surface area (Å²) in [6.07, 6.45) is 10.2. The average Bonchev–Trinajstić information content (AvgIpc) is 2.47. The van der Waals surface area contributed by atoms with Crippen LogP contribution in [0.2, 0.25) is 0 Å². The average molecular weight is 316 g/mol. The Bertz CT molecular complexity index is 446. The molecule has 3 N–H and O–H groups in total. The van der Waals surface area contributed by atoms with E-state index >= 15 is 0 Å². The Morgan fingerprint density at radius 2 is 1.86 bits per heavy atom. The van der Waals surface area contributed by atoms with Crippen molar-refractivity contribution in [2.75, 3.05) is 13.2 Å². The molecular formula is C15H28N2O3S. The van der Waals surface area contributed by atoms with Gasteiger partial charge in [0.15, 0.2) is 0 Å². The van der Waals surface area contributed by atoms with Gasteiger partial charge in [0.2, 0.25) is 10.0 Å². The monoisotopic (exact) mass is 316 g/mol. The Hall–Kier alpha value is -0.170. The molecular weight excluding hydrogens is 288 g/mol. The SMILES string of the molecule is NS(=O)(=O)C1CCC(C2CCOC3(CCCCC3)C2)NC1. The second-order valence-electron chi connectivity index (χ2n) is 7.15. The lowest BCUT2D eigenvalue weighted by Gasteiger charge is -2.46. The first-order chi connectivity index (χ1) is 9.99. The highest BCUT2D eigenvalue weighted by atomic mass is 32.2. The second kappa shape index (κ2) is 6.14. The van der Waals surface area contributed by atoms with E-state index in [-0.39, 0.29) is 5.60 Å². The molecule has 2 aliphatic heterocycles. The van der Waals surface area contributed by atoms with E-state index < -0.39 is 15.3 Å². The van der Waals surface area contributed by atoms with Crippen molar-refractivity contribution in [3.05, 3.63) is 0 Å². The van der Waals surface area contributed by atoms with Crippen LogP contribution in [-0.4, -0.2) is 38.5 Å². The van der Waals surface area contributed by atoms with E-state index in [9.17, 15) is 8.42 Å². The molecule has 3 unspecified atom stereocenters. The summed E-state index contributed by atoms with van der Waals surface area (Å²) >= 11 is 0. The molecule has 2 saturated heterocycles. The summed E-state index contributed by atoms with van der Waals surface area (Å²) in [5.41, 5.74) is 0.125. The highest BCUT2D eigenvalue weighted by Crippen LogP contribution is 2.42. The lowest BCUT2D eigenvalue weighted by molar-refractivity contribution is -0.122. The maximum Gasteiger partial charge on any atom is 0.213 e. The predicted molar refractivity (Wildman–Crippen MR) is 82.4 cm³/mol. The van der Waals surface area contributed by atoms with Crippen LogP contribution in [0.25, 0.3) is 0 Å². The molecule has 2 heterocycles. The van der Waals surface area contributed by atoms with Crippen LogP contribution >= 0.6 is 0 Å². The maximum absolute atomic E-state index is 11.4. The van der Waals surface area contributed by atoms with Crippen LogP contribution in [0, 0.1) is 5.92 Å². The third kappa shape index (κ3) is 3.60. The Balaban J connectivity index is 1.58. The van der Waals surface area contributed by atoms with E-state index in [1.165, 1.54) is 32.1 Å². The summed E-state index contributed by atoms with van der Waals surface area (Å²) in [7, 11) is -3.39. The number of nitrogens with two attached hydrogens (primary N) is 1. The fourth-order valence-electron chi connectivity index (χ4n) is 4.49. The lowest BCUT2D eigenvalue weighted by Crippen LogP contribution is -2.53. The maximum atomic E-state index is 11.4. The van der Waals surface area contributed by atoms with E-state index in [0.717, 1.165) is 25.9 Å². The van der Waals surface area contributed by atoms with Crippen LogP contribution in [0.4, 0.5) is 0 Å². The minimum absolute atomic E-state index is 0.125. The molecule has 3 fully saturated rings. The van der Waals surface area contributed by atoms with Crippen molar-refractivity contribution in [3.8, 4) is 0 Å². The number of piperidine rings is 1. The van der Waals surface area contributed by atoms with E-state index in [2.05, 4.69) is 5.32 Å². The highest BCUT2D eigenvalue weighted by Gasteiger charge is 2.42. The Morgan fingerprint density at radius 1 is 1.10 bits per heavy atom. The molecule has 3 aliphatic rings. The van der Waals surface area contributed by atoms with Crippen molar-refractivity contribution in [3.63, 3.8) is 0 Å². The molecule has 3 rings (SSSR count). The van der Waals surface area contributed by atoms with E-state index in [1.807, 2.05) is 0 Å². The number of hydrogen-bond acceptors (Lipinski definition) is 4. The number of hydrogen-bond donors (Lipinski definition) is 2. The van der Waals surface area contributed by atoms with Gasteiger partial charge in [-0.05, 0) is 44.4 Å². The van der Waals surface area contributed by atoms with Gasteiger partial charge in [-0.1, -0.05) is 19.3 Å². The molecule has 6 heteroatoms. The van der Waals surface area contributed by atoms with Crippen LogP contribution in [0.5, 0.6) is 0 Å². The van der Waals surface area contributed by atoms with Gasteiger partial charge in [0.05, 0.1) is 10.9 Å². The molecule has 1 aliphatic carbocycles. The van der Waals surface area contributed by atoms with Gasteiger partial charge in [0.25, 0.3) is 0 Å². The first-order valence-corrected chi connectivity index (χ1v) is 9.98. The van der Waals surface area contributed by atoms with Crippen LogP contribution < -0.4 is 10.5 Å². The summed E-state index contributed by atoms with van der Waals surface area (Å²) in [4.78, 5) is 0. The van der Waals surface area contributed by atoms with E-state index in [4.69, 9.17) is 9.88 Å². The second-order valence-corrected chi connectivity index (χ2v) is 8.99. The molecule has 0 aromatic rings. The third-order valence-corrected chi connectivity index (χ3v) is 7.07. The quantitative estimate of drug-likeness (QED) is 0.809. The third-order valence-electron chi connectivity index (χ3n) is 5.74. The molecule has 0 aromatic heterocycles. The molecule has 5 nitrogen and oxygen atoms in total. The van der Waals surface area contributed by atoms with Crippen LogP contribution in [0.1, 0.15) is 57.8 Å². The van der Waals surface area contributed by atoms with Crippen molar-refractivity contribution in [1.29, 1.82) is 0 Å². The van der Waals surface area contributed by atoms with E-state index in [1.54, 1.807) is 0 Å². The van der Waals surface area contributed by atoms with Gasteiger partial charge < -0.3 is 10.1 Å². The minimum Gasteiger partial charge on any atom is -0.375 e. The molecule has 0 amide bonds. The minimum atomic E-state index is -3.39. The van der Waals surface area contributed by atoms with Gasteiger partial charge >= 0.3 is 0 Å². The normalized spacial score (nSPS) is 37.5. The molecule has 1 spiro atoms. The van der Waals surface area contributed by atoms with Gasteiger partial charge in [-0.3, -0.25) is 0 Å². The summed E-state index contributed by atoms with van der Waals surface area (Å²) in [6.45, 7) is 1.37. The first kappa shape index (κ1) is 15.7. The summed E-state index contributed by atoms with van der Waals surface area (Å²) in [5.74, 6) is 0.623. The Labute approximate surface area is 128 Å². The molecule has 21 heavy (non-hydrogen) atoms. The number of sulfonamides is 1. The van der Waals surface area contributed by atoms with Crippen LogP contribution in [-0.2, 0) is 14.8 Å². The van der Waals surface area contributed by atoms with Crippen molar-refractivity contribution >= 4 is 10.0 Å². The van der Waals surface area contributed by atoms with Gasteiger partial charge in [-0.15, -0.1) is 0 Å². The van der Waals surface area contributed by atoms with Crippen molar-refractivity contribution in [2.45, 2.75) is 74.7 Å². The smallest absolute Gasteiger partial charge is 0.213 e. The van der Waals surface area contributed by atoms with E-state index in [0.29, 0.717) is 24.9 Å². The number of ether oxygens (including phenoxy) is 1. The zero-order chi connectivity index (χ0) is 14.9. The van der Waals surface area contributed by atoms with Gasteiger partial charge in [-0.2, -0.15) is 0 Å². The largest absolute Gasteiger partial charge is 0.375 e. The number of nitrogens with one attached hydrogen (secondary N) is 1. The highest BCUT2D eigenvalue weighted by molar-refractivity contribution is 7.89. The zero-order valence-corrected chi connectivity index (χ0v) is 13.5. The van der Waals surface area contributed by atoms with Crippen molar-refractivity contribution < 1.29 is 13.2 Å². The molecule has 122 valence electrons. The number of primary sulfonamides is 1. The predicted octanol–water partition coefficient (Wildman–Crippen LogP) is 1.52. The summed E-state index contributed by atoms with van der Waals surface area (Å²) in [6, 6.07) is 0.436. The molecule has 1 saturated carbocycles. The van der Waals surface area contributed by atoms with Gasteiger partial charge in [-0.25, -0.2) is 13.6 Å². The first-order valence-electron chi connectivity index (χ1n) is 8.38. The summed E-state index contributed by atoms with van der Waals surface area (Å²) < 4.78 is 29.0. The molecule has 0 radical (unpaired) electrons. The van der Waals surface area contributed by atoms with Gasteiger partial charge in [0, 0.05) is 19.2 Å². The molecule has 0 aromatic carbocycles. The Kier molecular flexibility index (Phi) is 4.60. The fourth-order valence-corrected chi connectivity index (χ4v) is 5.28. The van der Waals surface area contributed by atoms with Crippen LogP contribution in [0.3, 0.4) is 0 Å². The summed E-state index contributed by atoms with van der Waals surface area (Å²) in [5, 5.41) is 8.31. The molecule has 0 bridgehead atoms. The molecule has 3 atom stereocenters. The van der Waals surface area contributed by atoms with Crippen molar-refractivity contribution in [2.24, 2.45) is 11.1 Å². The van der Waals surface area contributed by atoms with Crippen LogP contribution in [0.15, 0.2) is 0 Å². The lowest BCUT2D eigenvalue weighted by atomic mass is 9.73. The fraction of sp³-hybridized carbons (Fsp3) is 1.00. The topological polar surface area (TPSA) is 81.4 Å².